The lowest BCUT2D eigenvalue weighted by molar-refractivity contribution is 0.0693. The third-order valence-corrected chi connectivity index (χ3v) is 4.30. The van der Waals surface area contributed by atoms with Gasteiger partial charge in [-0.2, -0.15) is 0 Å². The summed E-state index contributed by atoms with van der Waals surface area (Å²) >= 11 is 12.5. The minimum absolute atomic E-state index is 0.0849. The number of benzene rings is 2. The van der Waals surface area contributed by atoms with E-state index in [2.05, 4.69) is 20.2 Å². The minimum Gasteiger partial charge on any atom is -0.494 e. The van der Waals surface area contributed by atoms with Crippen molar-refractivity contribution in [2.75, 3.05) is 17.7 Å². The van der Waals surface area contributed by atoms with Crippen LogP contribution in [0.3, 0.4) is 0 Å². The molecule has 3 rings (SSSR count). The monoisotopic (exact) mass is 440 g/mol. The van der Waals surface area contributed by atoms with Gasteiger partial charge in [0.05, 0.1) is 23.4 Å². The summed E-state index contributed by atoms with van der Waals surface area (Å²) in [6, 6.07) is 11.8. The van der Waals surface area contributed by atoms with Crippen molar-refractivity contribution in [3.63, 3.8) is 0 Å². The lowest BCUT2D eigenvalue weighted by Gasteiger charge is -2.07. The molecule has 2 amide bonds. The van der Waals surface area contributed by atoms with Crippen LogP contribution in [0.2, 0.25) is 10.0 Å². The van der Waals surface area contributed by atoms with E-state index in [1.165, 1.54) is 25.4 Å². The predicted molar refractivity (Wildman–Crippen MR) is 109 cm³/mol. The Morgan fingerprint density at radius 2 is 1.75 bits per heavy atom. The van der Waals surface area contributed by atoms with E-state index < -0.39 is 5.97 Å². The fraction of sp³-hybridized carbons (Fsp3) is 0.0588. The third-order valence-electron chi connectivity index (χ3n) is 3.11. The molecule has 0 saturated heterocycles. The summed E-state index contributed by atoms with van der Waals surface area (Å²) in [4.78, 5) is 22.1. The average Bonchev–Trinajstić information content (AvgIpc) is 3.17. The molecule has 0 aliphatic rings. The maximum absolute atomic E-state index is 11.4. The molecule has 11 heteroatoms. The molecule has 0 atom stereocenters. The number of carbonyl (C=O) groups excluding carboxylic acids is 1. The first-order valence-electron chi connectivity index (χ1n) is 7.58. The Bertz CT molecular complexity index is 940. The van der Waals surface area contributed by atoms with Gasteiger partial charge in [0.1, 0.15) is 10.6 Å². The second kappa shape index (κ2) is 10.5. The topological polar surface area (TPSA) is 113 Å². The van der Waals surface area contributed by atoms with Gasteiger partial charge in [-0.15, -0.1) is 5.10 Å². The van der Waals surface area contributed by atoms with E-state index in [9.17, 15) is 9.59 Å². The van der Waals surface area contributed by atoms with Crippen LogP contribution in [0.25, 0.3) is 0 Å². The largest absolute Gasteiger partial charge is 0.494 e. The number of methoxy groups -OCH3 is 1. The molecule has 8 nitrogen and oxygen atoms in total. The summed E-state index contributed by atoms with van der Waals surface area (Å²) < 4.78 is 8.45. The molecule has 0 radical (unpaired) electrons. The maximum Gasteiger partial charge on any atom is 0.341 e. The molecular formula is C17H14Cl2N4O4S. The van der Waals surface area contributed by atoms with Crippen LogP contribution in [0.5, 0.6) is 5.75 Å². The Kier molecular flexibility index (Phi) is 8.00. The molecule has 2 aromatic carbocycles. The number of nitrogens with zero attached hydrogens (tertiary/aromatic N) is 2. The van der Waals surface area contributed by atoms with Crippen LogP contribution in [0.1, 0.15) is 10.4 Å². The highest BCUT2D eigenvalue weighted by Crippen LogP contribution is 2.33. The van der Waals surface area contributed by atoms with Gasteiger partial charge in [-0.3, -0.25) is 5.32 Å². The van der Waals surface area contributed by atoms with Crippen molar-refractivity contribution >= 4 is 57.4 Å². The number of hydrogen-bond donors (Lipinski definition) is 3. The Morgan fingerprint density at radius 3 is 2.29 bits per heavy atom. The zero-order valence-electron chi connectivity index (χ0n) is 14.3. The van der Waals surface area contributed by atoms with Crippen molar-refractivity contribution in [3.05, 3.63) is 64.3 Å². The molecule has 0 aliphatic heterocycles. The lowest BCUT2D eigenvalue weighted by atomic mass is 10.2. The SMILES string of the molecule is COc1c(Cl)ccc(Cl)c1C(=O)O.O=C(Nc1ccccc1)Nc1cnns1. The normalized spacial score (nSPS) is 9.68. The summed E-state index contributed by atoms with van der Waals surface area (Å²) in [7, 11) is 1.34. The zero-order valence-corrected chi connectivity index (χ0v) is 16.7. The number of urea groups is 1. The maximum atomic E-state index is 11.4. The van der Waals surface area contributed by atoms with Crippen molar-refractivity contribution in [1.29, 1.82) is 0 Å². The van der Waals surface area contributed by atoms with Crippen LogP contribution in [-0.2, 0) is 0 Å². The van der Waals surface area contributed by atoms with Crippen molar-refractivity contribution in [2.24, 2.45) is 0 Å². The Hall–Kier alpha value is -2.88. The summed E-state index contributed by atoms with van der Waals surface area (Å²) in [5, 5.41) is 18.6. The second-order valence-corrected chi connectivity index (χ2v) is 6.57. The van der Waals surface area contributed by atoms with Crippen molar-refractivity contribution < 1.29 is 19.4 Å². The molecule has 0 unspecified atom stereocenters. The van der Waals surface area contributed by atoms with Gasteiger partial charge < -0.3 is 15.2 Å². The van der Waals surface area contributed by atoms with Gasteiger partial charge in [0.25, 0.3) is 0 Å². The second-order valence-electron chi connectivity index (χ2n) is 4.97. The molecule has 3 N–H and O–H groups in total. The summed E-state index contributed by atoms with van der Waals surface area (Å²) in [6.45, 7) is 0. The number of carbonyl (C=O) groups is 2. The first-order chi connectivity index (χ1) is 13.4. The Balaban J connectivity index is 0.000000203. The standard InChI is InChI=1S/C9H8N4OS.C8H6Cl2O3/c14-9(12-8-6-10-13-15-8)11-7-4-2-1-3-5-7;1-13-7-5(10)3-2-4(9)6(7)8(11)12/h1-6H,(H2,11,12,14);2-3H,1H3,(H,11,12). The fourth-order valence-electron chi connectivity index (χ4n) is 1.95. The fourth-order valence-corrected chi connectivity index (χ4v) is 2.83. The van der Waals surface area contributed by atoms with Gasteiger partial charge in [0, 0.05) is 17.2 Å². The molecular weight excluding hydrogens is 427 g/mol. The summed E-state index contributed by atoms with van der Waals surface area (Å²) in [5.74, 6) is -1.08. The number of rotatable bonds is 4. The van der Waals surface area contributed by atoms with Crippen LogP contribution >= 0.6 is 34.7 Å². The number of amides is 2. The molecule has 0 aliphatic carbocycles. The molecule has 28 heavy (non-hydrogen) atoms. The van der Waals surface area contributed by atoms with Crippen LogP contribution < -0.4 is 15.4 Å². The Labute approximate surface area is 174 Å². The number of nitrogens with one attached hydrogen (secondary N) is 2. The number of aromatic nitrogens is 2. The molecule has 0 bridgehead atoms. The Morgan fingerprint density at radius 1 is 1.07 bits per heavy atom. The first-order valence-corrected chi connectivity index (χ1v) is 9.11. The number of anilines is 2. The van der Waals surface area contributed by atoms with Gasteiger partial charge >= 0.3 is 12.0 Å². The van der Waals surface area contributed by atoms with Crippen LogP contribution in [-0.4, -0.2) is 33.8 Å². The molecule has 0 spiro atoms. The quantitative estimate of drug-likeness (QED) is 0.532. The minimum atomic E-state index is -1.16. The molecule has 3 aromatic rings. The van der Waals surface area contributed by atoms with E-state index in [0.29, 0.717) is 5.00 Å². The molecule has 1 aromatic heterocycles. The smallest absolute Gasteiger partial charge is 0.341 e. The van der Waals surface area contributed by atoms with Gasteiger partial charge in [-0.1, -0.05) is 45.9 Å². The number of aromatic carboxylic acids is 1. The van der Waals surface area contributed by atoms with Gasteiger partial charge in [0.2, 0.25) is 0 Å². The lowest BCUT2D eigenvalue weighted by Crippen LogP contribution is -2.18. The molecule has 0 saturated carbocycles. The van der Waals surface area contributed by atoms with E-state index in [1.54, 1.807) is 0 Å². The van der Waals surface area contributed by atoms with Gasteiger partial charge in [0.15, 0.2) is 5.75 Å². The number of hydrogen-bond acceptors (Lipinski definition) is 6. The predicted octanol–water partition coefficient (Wildman–Crippen LogP) is 4.88. The zero-order chi connectivity index (χ0) is 20.5. The highest BCUT2D eigenvalue weighted by Gasteiger charge is 2.18. The molecule has 146 valence electrons. The number of carboxylic acids is 1. The third kappa shape index (κ3) is 6.08. The molecule has 1 heterocycles. The van der Waals surface area contributed by atoms with Crippen LogP contribution in [0, 0.1) is 0 Å². The van der Waals surface area contributed by atoms with Crippen molar-refractivity contribution in [1.82, 2.24) is 9.59 Å². The first kappa shape index (κ1) is 21.4. The van der Waals surface area contributed by atoms with E-state index in [0.717, 1.165) is 17.2 Å². The van der Waals surface area contributed by atoms with Crippen molar-refractivity contribution in [3.8, 4) is 5.75 Å². The highest BCUT2D eigenvalue weighted by molar-refractivity contribution is 7.10. The van der Waals surface area contributed by atoms with E-state index in [4.69, 9.17) is 33.0 Å². The van der Waals surface area contributed by atoms with Gasteiger partial charge in [-0.25, -0.2) is 9.59 Å². The number of carboxylic acid groups (broad SMARTS) is 1. The van der Waals surface area contributed by atoms with E-state index in [-0.39, 0.29) is 27.4 Å². The number of ether oxygens (including phenoxy) is 1. The van der Waals surface area contributed by atoms with Crippen LogP contribution in [0.15, 0.2) is 48.7 Å². The average molecular weight is 441 g/mol. The molecule has 0 fully saturated rings. The van der Waals surface area contributed by atoms with E-state index >= 15 is 0 Å². The van der Waals surface area contributed by atoms with Crippen molar-refractivity contribution in [2.45, 2.75) is 0 Å². The van der Waals surface area contributed by atoms with Gasteiger partial charge in [-0.05, 0) is 24.3 Å². The van der Waals surface area contributed by atoms with Crippen LogP contribution in [0.4, 0.5) is 15.5 Å². The summed E-state index contributed by atoms with van der Waals surface area (Å²) in [5.41, 5.74) is 0.629. The highest BCUT2D eigenvalue weighted by atomic mass is 35.5. The van der Waals surface area contributed by atoms with E-state index in [1.807, 2.05) is 30.3 Å². The number of para-hydroxylation sites is 1. The summed E-state index contributed by atoms with van der Waals surface area (Å²) in [6.07, 6.45) is 1.50. The number of halogens is 2.